The number of imidazole rings is 1. The van der Waals surface area contributed by atoms with Crippen molar-refractivity contribution in [1.29, 1.82) is 0 Å². The molecule has 0 fully saturated rings. The highest BCUT2D eigenvalue weighted by Crippen LogP contribution is 2.27. The normalized spacial score (nSPS) is 12.8. The second-order valence-corrected chi connectivity index (χ2v) is 4.92. The zero-order valence-electron chi connectivity index (χ0n) is 12.0. The largest absolute Gasteiger partial charge is 0.383 e. The van der Waals surface area contributed by atoms with Crippen LogP contribution in [0.3, 0.4) is 0 Å². The van der Waals surface area contributed by atoms with Crippen LogP contribution in [-0.2, 0) is 18.3 Å². The lowest BCUT2D eigenvalue weighted by Gasteiger charge is -2.20. The van der Waals surface area contributed by atoms with Gasteiger partial charge >= 0.3 is 0 Å². The number of nitrogens with one attached hydrogen (secondary N) is 1. The van der Waals surface area contributed by atoms with Gasteiger partial charge in [0.1, 0.15) is 0 Å². The first kappa shape index (κ1) is 15.0. The van der Waals surface area contributed by atoms with Gasteiger partial charge in [-0.3, -0.25) is 4.68 Å². The Kier molecular flexibility index (Phi) is 5.17. The minimum Gasteiger partial charge on any atom is -0.383 e. The van der Waals surface area contributed by atoms with Gasteiger partial charge in [-0.05, 0) is 6.54 Å². The number of rotatable bonds is 7. The van der Waals surface area contributed by atoms with Gasteiger partial charge in [-0.2, -0.15) is 5.10 Å². The maximum Gasteiger partial charge on any atom is 0.0946 e. The van der Waals surface area contributed by atoms with Crippen molar-refractivity contribution in [2.24, 2.45) is 7.05 Å². The van der Waals surface area contributed by atoms with E-state index < -0.39 is 0 Å². The van der Waals surface area contributed by atoms with Crippen molar-refractivity contribution in [3.63, 3.8) is 0 Å². The molecular weight excluding hydrogens is 278 g/mol. The molecule has 110 valence electrons. The van der Waals surface area contributed by atoms with Gasteiger partial charge in [-0.15, -0.1) is 0 Å². The molecule has 1 atom stereocenters. The molecule has 0 radical (unpaired) electrons. The molecule has 0 aliphatic carbocycles. The molecular formula is C13H20ClN5O. The average molecular weight is 298 g/mol. The summed E-state index contributed by atoms with van der Waals surface area (Å²) in [4.78, 5) is 4.18. The zero-order valence-corrected chi connectivity index (χ0v) is 12.8. The zero-order chi connectivity index (χ0) is 14.5. The molecule has 0 bridgehead atoms. The Morgan fingerprint density at radius 3 is 2.85 bits per heavy atom. The predicted octanol–water partition coefficient (Wildman–Crippen LogP) is 1.62. The third-order valence-corrected chi connectivity index (χ3v) is 3.46. The van der Waals surface area contributed by atoms with E-state index in [4.69, 9.17) is 16.3 Å². The second-order valence-electron chi connectivity index (χ2n) is 4.51. The number of hydrogen-bond acceptors (Lipinski definition) is 4. The highest BCUT2D eigenvalue weighted by atomic mass is 35.5. The number of nitrogens with zero attached hydrogens (tertiary/aromatic N) is 4. The van der Waals surface area contributed by atoms with Gasteiger partial charge in [0, 0.05) is 14.2 Å². The molecule has 20 heavy (non-hydrogen) atoms. The number of aryl methyl sites for hydroxylation is 1. The summed E-state index contributed by atoms with van der Waals surface area (Å²) in [5.74, 6) is 0. The van der Waals surface area contributed by atoms with E-state index in [-0.39, 0.29) is 6.04 Å². The summed E-state index contributed by atoms with van der Waals surface area (Å²) in [6, 6.07) is -0.0423. The standard InChI is InChI=1S/C13H20ClN5O/c1-4-16-12(11-8-15-9-18(11)2)13-10(14)7-17-19(13)5-6-20-3/h7-9,12,16H,4-6H2,1-3H3. The Hall–Kier alpha value is -1.37. The molecule has 6 nitrogen and oxygen atoms in total. The van der Waals surface area contributed by atoms with E-state index in [9.17, 15) is 0 Å². The Labute approximate surface area is 123 Å². The Bertz CT molecular complexity index is 551. The van der Waals surface area contributed by atoms with Crippen LogP contribution in [0.15, 0.2) is 18.7 Å². The maximum absolute atomic E-state index is 6.33. The van der Waals surface area contributed by atoms with Gasteiger partial charge in [0.2, 0.25) is 0 Å². The van der Waals surface area contributed by atoms with Crippen LogP contribution in [0, 0.1) is 0 Å². The molecule has 1 N–H and O–H groups in total. The van der Waals surface area contributed by atoms with Gasteiger partial charge in [-0.25, -0.2) is 4.98 Å². The van der Waals surface area contributed by atoms with E-state index in [1.54, 1.807) is 19.6 Å². The van der Waals surface area contributed by atoms with Gasteiger partial charge in [-0.1, -0.05) is 18.5 Å². The Morgan fingerprint density at radius 1 is 1.45 bits per heavy atom. The molecule has 2 heterocycles. The monoisotopic (exact) mass is 297 g/mol. The lowest BCUT2D eigenvalue weighted by molar-refractivity contribution is 0.182. The van der Waals surface area contributed by atoms with Crippen molar-refractivity contribution in [1.82, 2.24) is 24.6 Å². The molecule has 0 saturated heterocycles. The van der Waals surface area contributed by atoms with Crippen molar-refractivity contribution in [2.45, 2.75) is 19.5 Å². The van der Waals surface area contributed by atoms with E-state index in [0.717, 1.165) is 17.9 Å². The minimum atomic E-state index is -0.0423. The van der Waals surface area contributed by atoms with Crippen LogP contribution in [0.1, 0.15) is 24.4 Å². The number of hydrogen-bond donors (Lipinski definition) is 1. The van der Waals surface area contributed by atoms with Crippen LogP contribution in [-0.4, -0.2) is 39.6 Å². The number of methoxy groups -OCH3 is 1. The summed E-state index contributed by atoms with van der Waals surface area (Å²) < 4.78 is 8.99. The summed E-state index contributed by atoms with van der Waals surface area (Å²) in [7, 11) is 3.64. The molecule has 0 aliphatic rings. The van der Waals surface area contributed by atoms with Crippen molar-refractivity contribution in [3.05, 3.63) is 35.1 Å². The molecule has 0 amide bonds. The van der Waals surface area contributed by atoms with E-state index in [0.29, 0.717) is 18.2 Å². The molecule has 2 rings (SSSR count). The molecule has 7 heteroatoms. The first-order valence-corrected chi connectivity index (χ1v) is 6.96. The van der Waals surface area contributed by atoms with Crippen LogP contribution < -0.4 is 5.32 Å². The summed E-state index contributed by atoms with van der Waals surface area (Å²) >= 11 is 6.33. The van der Waals surface area contributed by atoms with Crippen molar-refractivity contribution < 1.29 is 4.74 Å². The molecule has 0 aromatic carbocycles. The summed E-state index contributed by atoms with van der Waals surface area (Å²) in [5, 5.41) is 8.42. The first-order chi connectivity index (χ1) is 9.69. The van der Waals surface area contributed by atoms with E-state index in [1.807, 2.05) is 22.5 Å². The highest BCUT2D eigenvalue weighted by molar-refractivity contribution is 6.31. The van der Waals surface area contributed by atoms with Crippen LogP contribution >= 0.6 is 11.6 Å². The summed E-state index contributed by atoms with van der Waals surface area (Å²) in [6.45, 7) is 4.14. The third kappa shape index (κ3) is 3.03. The predicted molar refractivity (Wildman–Crippen MR) is 77.8 cm³/mol. The number of halogens is 1. The topological polar surface area (TPSA) is 56.9 Å². The van der Waals surface area contributed by atoms with Crippen LogP contribution in [0.5, 0.6) is 0 Å². The highest BCUT2D eigenvalue weighted by Gasteiger charge is 2.23. The quantitative estimate of drug-likeness (QED) is 0.844. The van der Waals surface area contributed by atoms with E-state index >= 15 is 0 Å². The number of ether oxygens (including phenoxy) is 1. The first-order valence-electron chi connectivity index (χ1n) is 6.58. The van der Waals surface area contributed by atoms with Gasteiger partial charge < -0.3 is 14.6 Å². The molecule has 0 saturated carbocycles. The Morgan fingerprint density at radius 2 is 2.25 bits per heavy atom. The van der Waals surface area contributed by atoms with Crippen molar-refractivity contribution >= 4 is 11.6 Å². The fourth-order valence-corrected chi connectivity index (χ4v) is 2.46. The third-order valence-electron chi connectivity index (χ3n) is 3.17. The van der Waals surface area contributed by atoms with Crippen LogP contribution in [0.4, 0.5) is 0 Å². The fraction of sp³-hybridized carbons (Fsp3) is 0.538. The van der Waals surface area contributed by atoms with Crippen molar-refractivity contribution in [2.75, 3.05) is 20.3 Å². The fourth-order valence-electron chi connectivity index (χ4n) is 2.21. The van der Waals surface area contributed by atoms with E-state index in [2.05, 4.69) is 22.3 Å². The van der Waals surface area contributed by atoms with Crippen LogP contribution in [0.2, 0.25) is 5.02 Å². The molecule has 1 unspecified atom stereocenters. The minimum absolute atomic E-state index is 0.0423. The molecule has 2 aromatic rings. The van der Waals surface area contributed by atoms with Gasteiger partial charge in [0.05, 0.1) is 54.3 Å². The maximum atomic E-state index is 6.33. The second kappa shape index (κ2) is 6.88. The van der Waals surface area contributed by atoms with Gasteiger partial charge in [0.25, 0.3) is 0 Å². The van der Waals surface area contributed by atoms with E-state index in [1.165, 1.54) is 0 Å². The lowest BCUT2D eigenvalue weighted by atomic mass is 10.1. The molecule has 0 aliphatic heterocycles. The SMILES string of the molecule is CCNC(c1cncn1C)c1c(Cl)cnn1CCOC. The van der Waals surface area contributed by atoms with Crippen molar-refractivity contribution in [3.8, 4) is 0 Å². The number of aromatic nitrogens is 4. The van der Waals surface area contributed by atoms with Crippen LogP contribution in [0.25, 0.3) is 0 Å². The smallest absolute Gasteiger partial charge is 0.0946 e. The lowest BCUT2D eigenvalue weighted by Crippen LogP contribution is -2.27. The Balaban J connectivity index is 2.39. The molecule has 0 spiro atoms. The summed E-state index contributed by atoms with van der Waals surface area (Å²) in [5.41, 5.74) is 1.99. The average Bonchev–Trinajstić information content (AvgIpc) is 3.01. The van der Waals surface area contributed by atoms with Gasteiger partial charge in [0.15, 0.2) is 0 Å². The molecule has 2 aromatic heterocycles. The summed E-state index contributed by atoms with van der Waals surface area (Å²) in [6.07, 6.45) is 5.30.